The molecular weight excluding hydrogens is 324 g/mol. The van der Waals surface area contributed by atoms with Gasteiger partial charge in [-0.2, -0.15) is 0 Å². The van der Waals surface area contributed by atoms with Gasteiger partial charge in [0.25, 0.3) is 0 Å². The van der Waals surface area contributed by atoms with E-state index in [2.05, 4.69) is 34.5 Å². The van der Waals surface area contributed by atoms with Crippen LogP contribution < -0.4 is 5.32 Å². The molecule has 5 nitrogen and oxygen atoms in total. The number of hydrogen-bond acceptors (Lipinski definition) is 4. The van der Waals surface area contributed by atoms with E-state index in [0.717, 1.165) is 19.6 Å². The minimum absolute atomic E-state index is 0.0684. The Bertz CT molecular complexity index is 693. The molecule has 0 spiro atoms. The van der Waals surface area contributed by atoms with Crippen LogP contribution in [0, 0.1) is 17.8 Å². The molecule has 0 bridgehead atoms. The number of nitrogens with zero attached hydrogens (tertiary/aromatic N) is 1. The first-order valence-electron chi connectivity index (χ1n) is 8.79. The molecule has 2 saturated heterocycles. The fraction of sp³-hybridized carbons (Fsp3) is 0.611. The van der Waals surface area contributed by atoms with Crippen molar-refractivity contribution in [2.24, 2.45) is 17.8 Å². The highest BCUT2D eigenvalue weighted by Crippen LogP contribution is 2.46. The van der Waals surface area contributed by atoms with Crippen molar-refractivity contribution in [2.75, 3.05) is 24.6 Å². The molecule has 24 heavy (non-hydrogen) atoms. The summed E-state index contributed by atoms with van der Waals surface area (Å²) in [5.74, 6) is 1.42. The molecule has 0 aromatic heterocycles. The van der Waals surface area contributed by atoms with Crippen LogP contribution in [0.3, 0.4) is 0 Å². The number of benzene rings is 1. The van der Waals surface area contributed by atoms with Gasteiger partial charge in [-0.15, -0.1) is 0 Å². The molecule has 1 amide bonds. The standard InChI is InChI=1S/C18H24N2O3S/c21-18(14-6-8-24(22,23)9-7-14)19-17-15-11-20(12-16(15)17)10-13-4-2-1-3-5-13/h1-5,14-17H,6-12H2,(H,19,21)/t15-,16+,17?. The van der Waals surface area contributed by atoms with Gasteiger partial charge in [0, 0.05) is 31.6 Å². The first-order chi connectivity index (χ1) is 11.5. The lowest BCUT2D eigenvalue weighted by Crippen LogP contribution is -2.40. The van der Waals surface area contributed by atoms with Gasteiger partial charge in [0.2, 0.25) is 5.91 Å². The molecule has 3 atom stereocenters. The average molecular weight is 348 g/mol. The minimum atomic E-state index is -2.90. The van der Waals surface area contributed by atoms with Crippen LogP contribution in [-0.2, 0) is 21.2 Å². The van der Waals surface area contributed by atoms with E-state index in [1.165, 1.54) is 5.56 Å². The summed E-state index contributed by atoms with van der Waals surface area (Å²) in [6, 6.07) is 10.8. The normalized spacial score (nSPS) is 32.2. The predicted molar refractivity (Wildman–Crippen MR) is 92.0 cm³/mol. The van der Waals surface area contributed by atoms with E-state index in [-0.39, 0.29) is 23.3 Å². The van der Waals surface area contributed by atoms with Crippen molar-refractivity contribution in [3.05, 3.63) is 35.9 Å². The Hall–Kier alpha value is -1.40. The van der Waals surface area contributed by atoms with E-state index >= 15 is 0 Å². The lowest BCUT2D eigenvalue weighted by molar-refractivity contribution is -0.125. The van der Waals surface area contributed by atoms with Crippen LogP contribution in [-0.4, -0.2) is 49.9 Å². The van der Waals surface area contributed by atoms with Gasteiger partial charge in [0.15, 0.2) is 0 Å². The number of carbonyl (C=O) groups is 1. The largest absolute Gasteiger partial charge is 0.352 e. The van der Waals surface area contributed by atoms with Gasteiger partial charge in [-0.3, -0.25) is 9.69 Å². The van der Waals surface area contributed by atoms with E-state index in [0.29, 0.717) is 30.7 Å². The molecule has 1 aromatic carbocycles. The predicted octanol–water partition coefficient (Wildman–Crippen LogP) is 1.06. The second kappa shape index (κ2) is 6.15. The molecule has 3 fully saturated rings. The number of sulfone groups is 1. The molecule has 4 rings (SSSR count). The van der Waals surface area contributed by atoms with Crippen molar-refractivity contribution >= 4 is 15.7 Å². The Labute approximate surface area is 143 Å². The van der Waals surface area contributed by atoms with Crippen molar-refractivity contribution < 1.29 is 13.2 Å². The minimum Gasteiger partial charge on any atom is -0.352 e. The van der Waals surface area contributed by atoms with E-state index in [1.807, 2.05) is 6.07 Å². The van der Waals surface area contributed by atoms with Crippen LogP contribution >= 0.6 is 0 Å². The first-order valence-corrected chi connectivity index (χ1v) is 10.6. The molecule has 130 valence electrons. The van der Waals surface area contributed by atoms with E-state index in [4.69, 9.17) is 0 Å². The molecule has 1 aromatic rings. The third kappa shape index (κ3) is 3.35. The molecule has 1 aliphatic carbocycles. The van der Waals surface area contributed by atoms with E-state index in [9.17, 15) is 13.2 Å². The van der Waals surface area contributed by atoms with Crippen LogP contribution in [0.1, 0.15) is 18.4 Å². The van der Waals surface area contributed by atoms with Gasteiger partial charge in [-0.1, -0.05) is 30.3 Å². The Balaban J connectivity index is 1.23. The molecule has 2 aliphatic heterocycles. The third-order valence-electron chi connectivity index (χ3n) is 5.75. The van der Waals surface area contributed by atoms with Crippen molar-refractivity contribution in [1.29, 1.82) is 0 Å². The van der Waals surface area contributed by atoms with Crippen molar-refractivity contribution in [1.82, 2.24) is 10.2 Å². The molecule has 1 unspecified atom stereocenters. The van der Waals surface area contributed by atoms with Crippen LogP contribution in [0.15, 0.2) is 30.3 Å². The maximum atomic E-state index is 12.3. The molecule has 1 N–H and O–H groups in total. The smallest absolute Gasteiger partial charge is 0.223 e. The number of likely N-dealkylation sites (tertiary alicyclic amines) is 1. The van der Waals surface area contributed by atoms with Gasteiger partial charge in [0.1, 0.15) is 9.84 Å². The van der Waals surface area contributed by atoms with Crippen LogP contribution in [0.2, 0.25) is 0 Å². The highest BCUT2D eigenvalue weighted by molar-refractivity contribution is 7.91. The van der Waals surface area contributed by atoms with Crippen LogP contribution in [0.25, 0.3) is 0 Å². The highest BCUT2D eigenvalue weighted by Gasteiger charge is 2.56. The lowest BCUT2D eigenvalue weighted by Gasteiger charge is -2.23. The quantitative estimate of drug-likeness (QED) is 0.883. The number of hydrogen-bond donors (Lipinski definition) is 1. The maximum Gasteiger partial charge on any atom is 0.223 e. The number of piperidine rings is 1. The Morgan fingerprint density at radius 3 is 2.33 bits per heavy atom. The number of amides is 1. The zero-order valence-electron chi connectivity index (χ0n) is 13.7. The number of fused-ring (bicyclic) bond motifs is 1. The molecule has 1 saturated carbocycles. The van der Waals surface area contributed by atoms with Gasteiger partial charge in [-0.05, 0) is 30.2 Å². The lowest BCUT2D eigenvalue weighted by atomic mass is 10.0. The summed E-state index contributed by atoms with van der Waals surface area (Å²) < 4.78 is 22.9. The van der Waals surface area contributed by atoms with Gasteiger partial charge in [0.05, 0.1) is 11.5 Å². The summed E-state index contributed by atoms with van der Waals surface area (Å²) in [7, 11) is -2.90. The summed E-state index contributed by atoms with van der Waals surface area (Å²) in [6.07, 6.45) is 0.965. The Morgan fingerprint density at radius 1 is 1.08 bits per heavy atom. The molecular formula is C18H24N2O3S. The first kappa shape index (κ1) is 16.1. The summed E-state index contributed by atoms with van der Waals surface area (Å²) >= 11 is 0. The summed E-state index contributed by atoms with van der Waals surface area (Å²) in [5, 5.41) is 3.18. The average Bonchev–Trinajstić information content (AvgIpc) is 3.00. The second-order valence-corrected chi connectivity index (χ2v) is 9.77. The van der Waals surface area contributed by atoms with Gasteiger partial charge < -0.3 is 5.32 Å². The van der Waals surface area contributed by atoms with E-state index in [1.54, 1.807) is 0 Å². The fourth-order valence-corrected chi connectivity index (χ4v) is 5.72. The number of carbonyl (C=O) groups excluding carboxylic acids is 1. The second-order valence-electron chi connectivity index (χ2n) is 7.47. The zero-order chi connectivity index (χ0) is 16.7. The summed E-state index contributed by atoms with van der Waals surface area (Å²) in [5.41, 5.74) is 1.34. The van der Waals surface area contributed by atoms with Gasteiger partial charge in [-0.25, -0.2) is 8.42 Å². The highest BCUT2D eigenvalue weighted by atomic mass is 32.2. The molecule has 2 heterocycles. The number of rotatable bonds is 4. The summed E-state index contributed by atoms with van der Waals surface area (Å²) in [4.78, 5) is 14.8. The van der Waals surface area contributed by atoms with Crippen LogP contribution in [0.5, 0.6) is 0 Å². The molecule has 3 aliphatic rings. The van der Waals surface area contributed by atoms with E-state index < -0.39 is 9.84 Å². The van der Waals surface area contributed by atoms with Crippen LogP contribution in [0.4, 0.5) is 0 Å². The third-order valence-corrected chi connectivity index (χ3v) is 7.47. The SMILES string of the molecule is O=C(NC1[C@H]2CN(Cc3ccccc3)C[C@@H]12)C1CCS(=O)(=O)CC1. The summed E-state index contributed by atoms with van der Waals surface area (Å²) in [6.45, 7) is 3.07. The number of nitrogens with one attached hydrogen (secondary N) is 1. The van der Waals surface area contributed by atoms with Crippen molar-refractivity contribution in [3.63, 3.8) is 0 Å². The van der Waals surface area contributed by atoms with Crippen molar-refractivity contribution in [3.8, 4) is 0 Å². The van der Waals surface area contributed by atoms with Crippen molar-refractivity contribution in [2.45, 2.75) is 25.4 Å². The van der Waals surface area contributed by atoms with Gasteiger partial charge >= 0.3 is 0 Å². The molecule has 0 radical (unpaired) electrons. The monoisotopic (exact) mass is 348 g/mol. The molecule has 6 heteroatoms. The fourth-order valence-electron chi connectivity index (χ4n) is 4.23. The Kier molecular flexibility index (Phi) is 4.12. The Morgan fingerprint density at radius 2 is 1.71 bits per heavy atom. The topological polar surface area (TPSA) is 66.5 Å². The maximum absolute atomic E-state index is 12.3. The zero-order valence-corrected chi connectivity index (χ0v) is 14.5.